The number of fused-ring (bicyclic) bond motifs is 1. The molecule has 0 saturated carbocycles. The van der Waals surface area contributed by atoms with Gasteiger partial charge >= 0.3 is 0 Å². The zero-order chi connectivity index (χ0) is 20.3. The van der Waals surface area contributed by atoms with Gasteiger partial charge in [0, 0.05) is 21.8 Å². The van der Waals surface area contributed by atoms with E-state index in [4.69, 9.17) is 11.6 Å². The second-order valence-corrected chi connectivity index (χ2v) is 7.67. The van der Waals surface area contributed by atoms with Gasteiger partial charge in [-0.3, -0.25) is 0 Å². The van der Waals surface area contributed by atoms with E-state index in [0.29, 0.717) is 0 Å². The smallest absolute Gasteiger partial charge is 0.0546 e. The third kappa shape index (κ3) is 3.56. The number of hydrogen-bond donors (Lipinski definition) is 0. The minimum atomic E-state index is 0.741. The van der Waals surface area contributed by atoms with Crippen molar-refractivity contribution in [3.8, 4) is 11.1 Å². The number of anilines is 3. The van der Waals surface area contributed by atoms with Crippen LogP contribution in [-0.2, 0) is 0 Å². The van der Waals surface area contributed by atoms with Crippen molar-refractivity contribution in [2.45, 2.75) is 0 Å². The number of hydrogen-bond acceptors (Lipinski definition) is 1. The predicted molar refractivity (Wildman–Crippen MR) is 129 cm³/mol. The highest BCUT2D eigenvalue weighted by Crippen LogP contribution is 2.41. The fourth-order valence-corrected chi connectivity index (χ4v) is 4.08. The summed E-state index contributed by atoms with van der Waals surface area (Å²) in [4.78, 5) is 2.32. The number of halogens is 1. The maximum atomic E-state index is 6.30. The number of benzene rings is 5. The van der Waals surface area contributed by atoms with E-state index in [0.717, 1.165) is 33.2 Å². The van der Waals surface area contributed by atoms with Crippen LogP contribution in [0.15, 0.2) is 121 Å². The van der Waals surface area contributed by atoms with Gasteiger partial charge in [-0.2, -0.15) is 0 Å². The van der Waals surface area contributed by atoms with Crippen LogP contribution in [0.3, 0.4) is 0 Å². The zero-order valence-corrected chi connectivity index (χ0v) is 17.1. The SMILES string of the molecule is Clc1cccc(-c2cc(N(c3ccccc3)c3ccccc3)c3ccccc3c2)c1. The molecule has 0 heterocycles. The second-order valence-electron chi connectivity index (χ2n) is 7.23. The van der Waals surface area contributed by atoms with Crippen LogP contribution in [-0.4, -0.2) is 0 Å². The summed E-state index contributed by atoms with van der Waals surface area (Å²) in [6, 6.07) is 42.1. The fourth-order valence-electron chi connectivity index (χ4n) is 3.89. The third-order valence-corrected chi connectivity index (χ3v) is 5.50. The highest BCUT2D eigenvalue weighted by Gasteiger charge is 2.16. The normalized spacial score (nSPS) is 10.8. The molecule has 0 amide bonds. The second kappa shape index (κ2) is 8.06. The van der Waals surface area contributed by atoms with E-state index < -0.39 is 0 Å². The molecule has 5 aromatic rings. The maximum Gasteiger partial charge on any atom is 0.0546 e. The molecule has 144 valence electrons. The molecule has 0 N–H and O–H groups in total. The van der Waals surface area contributed by atoms with Gasteiger partial charge in [-0.05, 0) is 65.0 Å². The van der Waals surface area contributed by atoms with Crippen molar-refractivity contribution in [2.24, 2.45) is 0 Å². The van der Waals surface area contributed by atoms with Crippen LogP contribution in [0.4, 0.5) is 17.1 Å². The van der Waals surface area contributed by atoms with Crippen LogP contribution >= 0.6 is 11.6 Å². The fraction of sp³-hybridized carbons (Fsp3) is 0. The Bertz CT molecular complexity index is 1260. The molecule has 0 aromatic heterocycles. The lowest BCUT2D eigenvalue weighted by Gasteiger charge is -2.27. The van der Waals surface area contributed by atoms with Crippen molar-refractivity contribution in [2.75, 3.05) is 4.90 Å². The summed E-state index contributed by atoms with van der Waals surface area (Å²) in [6.45, 7) is 0. The Kier molecular flexibility index (Phi) is 4.96. The van der Waals surface area contributed by atoms with Crippen LogP contribution in [0.2, 0.25) is 5.02 Å². The molecule has 0 unspecified atom stereocenters. The topological polar surface area (TPSA) is 3.24 Å². The lowest BCUT2D eigenvalue weighted by atomic mass is 9.98. The number of rotatable bonds is 4. The molecule has 0 aliphatic carbocycles. The molecule has 0 saturated heterocycles. The molecule has 0 bridgehead atoms. The molecule has 5 rings (SSSR count). The Morgan fingerprint density at radius 3 is 1.80 bits per heavy atom. The highest BCUT2D eigenvalue weighted by atomic mass is 35.5. The molecule has 0 spiro atoms. The molecular formula is C28H20ClN. The van der Waals surface area contributed by atoms with Crippen LogP contribution in [0.25, 0.3) is 21.9 Å². The summed E-state index contributed by atoms with van der Waals surface area (Å²) in [5.41, 5.74) is 5.63. The molecule has 0 atom stereocenters. The first-order chi connectivity index (χ1) is 14.8. The third-order valence-electron chi connectivity index (χ3n) is 5.27. The van der Waals surface area contributed by atoms with E-state index >= 15 is 0 Å². The van der Waals surface area contributed by atoms with Gasteiger partial charge in [0.25, 0.3) is 0 Å². The maximum absolute atomic E-state index is 6.30. The van der Waals surface area contributed by atoms with Crippen molar-refractivity contribution < 1.29 is 0 Å². The molecule has 0 aliphatic heterocycles. The van der Waals surface area contributed by atoms with Crippen molar-refractivity contribution >= 4 is 39.4 Å². The van der Waals surface area contributed by atoms with Crippen molar-refractivity contribution in [3.05, 3.63) is 126 Å². The minimum absolute atomic E-state index is 0.741. The molecule has 0 aliphatic rings. The molecule has 0 radical (unpaired) electrons. The largest absolute Gasteiger partial charge is 0.310 e. The first-order valence-corrected chi connectivity index (χ1v) is 10.4. The van der Waals surface area contributed by atoms with Crippen LogP contribution in [0.5, 0.6) is 0 Å². The number of para-hydroxylation sites is 2. The van der Waals surface area contributed by atoms with Gasteiger partial charge in [0.1, 0.15) is 0 Å². The van der Waals surface area contributed by atoms with E-state index in [1.54, 1.807) is 0 Å². The van der Waals surface area contributed by atoms with Gasteiger partial charge < -0.3 is 4.90 Å². The van der Waals surface area contributed by atoms with Crippen molar-refractivity contribution in [3.63, 3.8) is 0 Å². The minimum Gasteiger partial charge on any atom is -0.310 e. The Labute approximate surface area is 181 Å². The van der Waals surface area contributed by atoms with E-state index in [2.05, 4.69) is 95.9 Å². The van der Waals surface area contributed by atoms with E-state index in [-0.39, 0.29) is 0 Å². The van der Waals surface area contributed by atoms with Crippen LogP contribution < -0.4 is 4.90 Å². The standard InChI is InChI=1S/C28H20ClN/c29-24-12-9-11-21(19-24)23-18-22-10-7-8-17-27(22)28(20-23)30(25-13-3-1-4-14-25)26-15-5-2-6-16-26/h1-20H. The van der Waals surface area contributed by atoms with E-state index in [9.17, 15) is 0 Å². The van der Waals surface area contributed by atoms with Gasteiger partial charge in [0.2, 0.25) is 0 Å². The summed E-state index contributed by atoms with van der Waals surface area (Å²) in [6.07, 6.45) is 0. The summed E-state index contributed by atoms with van der Waals surface area (Å²) < 4.78 is 0. The summed E-state index contributed by atoms with van der Waals surface area (Å²) in [7, 11) is 0. The molecular weight excluding hydrogens is 386 g/mol. The van der Waals surface area contributed by atoms with Crippen molar-refractivity contribution in [1.29, 1.82) is 0 Å². The molecule has 0 fully saturated rings. The Hall–Kier alpha value is -3.55. The molecule has 5 aromatic carbocycles. The van der Waals surface area contributed by atoms with Crippen molar-refractivity contribution in [1.82, 2.24) is 0 Å². The lowest BCUT2D eigenvalue weighted by Crippen LogP contribution is -2.10. The van der Waals surface area contributed by atoms with Crippen LogP contribution in [0.1, 0.15) is 0 Å². The van der Waals surface area contributed by atoms with Gasteiger partial charge in [-0.1, -0.05) is 84.4 Å². The first-order valence-electron chi connectivity index (χ1n) is 9.98. The summed E-state index contributed by atoms with van der Waals surface area (Å²) >= 11 is 6.30. The average molecular weight is 406 g/mol. The number of nitrogens with zero attached hydrogens (tertiary/aromatic N) is 1. The average Bonchev–Trinajstić information content (AvgIpc) is 2.80. The Morgan fingerprint density at radius 2 is 1.13 bits per heavy atom. The van der Waals surface area contributed by atoms with Gasteiger partial charge in [-0.25, -0.2) is 0 Å². The molecule has 1 nitrogen and oxygen atoms in total. The zero-order valence-electron chi connectivity index (χ0n) is 16.4. The molecule has 2 heteroatoms. The van der Waals surface area contributed by atoms with Gasteiger partial charge in [-0.15, -0.1) is 0 Å². The summed E-state index contributed by atoms with van der Waals surface area (Å²) in [5, 5.41) is 3.14. The Balaban J connectivity index is 1.80. The quantitative estimate of drug-likeness (QED) is 0.289. The van der Waals surface area contributed by atoms with Crippen LogP contribution in [0, 0.1) is 0 Å². The van der Waals surface area contributed by atoms with Gasteiger partial charge in [0.15, 0.2) is 0 Å². The monoisotopic (exact) mass is 405 g/mol. The lowest BCUT2D eigenvalue weighted by molar-refractivity contribution is 1.30. The molecule has 30 heavy (non-hydrogen) atoms. The summed E-state index contributed by atoms with van der Waals surface area (Å²) in [5.74, 6) is 0. The van der Waals surface area contributed by atoms with Gasteiger partial charge in [0.05, 0.1) is 5.69 Å². The first kappa shape index (κ1) is 18.5. The Morgan fingerprint density at radius 1 is 0.500 bits per heavy atom. The predicted octanol–water partition coefficient (Wildman–Crippen LogP) is 8.63. The van der Waals surface area contributed by atoms with E-state index in [1.807, 2.05) is 30.3 Å². The highest BCUT2D eigenvalue weighted by molar-refractivity contribution is 6.30. The van der Waals surface area contributed by atoms with E-state index in [1.165, 1.54) is 10.8 Å².